The number of nitrogens with zero attached hydrogens (tertiary/aromatic N) is 6. The van der Waals surface area contributed by atoms with Crippen LogP contribution in [0.15, 0.2) is 18.6 Å². The highest BCUT2D eigenvalue weighted by Crippen LogP contribution is 2.14. The first kappa shape index (κ1) is 13.5. The van der Waals surface area contributed by atoms with Crippen LogP contribution in [0, 0.1) is 6.92 Å². The van der Waals surface area contributed by atoms with Crippen molar-refractivity contribution >= 4 is 11.6 Å². The summed E-state index contributed by atoms with van der Waals surface area (Å²) in [6.07, 6.45) is 3.34. The van der Waals surface area contributed by atoms with E-state index in [-0.39, 0.29) is 0 Å². The summed E-state index contributed by atoms with van der Waals surface area (Å²) in [5.41, 5.74) is 3.07. The first-order valence-corrected chi connectivity index (χ1v) is 6.59. The van der Waals surface area contributed by atoms with E-state index in [1.807, 2.05) is 30.9 Å². The monoisotopic (exact) mass is 287 g/mol. The second kappa shape index (κ2) is 5.49. The number of hydrogen-bond acceptors (Lipinski definition) is 6. The van der Waals surface area contributed by atoms with E-state index in [4.69, 9.17) is 4.74 Å². The lowest BCUT2D eigenvalue weighted by Crippen LogP contribution is -2.08. The van der Waals surface area contributed by atoms with E-state index in [0.717, 1.165) is 22.8 Å². The van der Waals surface area contributed by atoms with Crippen molar-refractivity contribution in [3.63, 3.8) is 0 Å². The Kier molecular flexibility index (Phi) is 3.53. The Bertz CT molecular complexity index is 761. The van der Waals surface area contributed by atoms with Gasteiger partial charge in [-0.05, 0) is 6.92 Å². The maximum Gasteiger partial charge on any atom is 0.254 e. The second-order valence-corrected chi connectivity index (χ2v) is 4.77. The van der Waals surface area contributed by atoms with Gasteiger partial charge in [0.15, 0.2) is 0 Å². The predicted octanol–water partition coefficient (Wildman–Crippen LogP) is 0.925. The van der Waals surface area contributed by atoms with Crippen LogP contribution < -0.4 is 5.32 Å². The van der Waals surface area contributed by atoms with Crippen molar-refractivity contribution in [3.8, 4) is 0 Å². The number of aromatic nitrogens is 6. The number of aryl methyl sites for hydroxylation is 1. The Morgan fingerprint density at radius 3 is 2.90 bits per heavy atom. The molecule has 0 aliphatic heterocycles. The first-order chi connectivity index (χ1) is 10.2. The number of fused-ring (bicyclic) bond motifs is 1. The van der Waals surface area contributed by atoms with Crippen molar-refractivity contribution in [2.24, 2.45) is 7.05 Å². The molecule has 110 valence electrons. The molecule has 0 spiro atoms. The maximum atomic E-state index is 5.13. The maximum absolute atomic E-state index is 5.13. The summed E-state index contributed by atoms with van der Waals surface area (Å²) in [5.74, 6) is 1.38. The lowest BCUT2D eigenvalue weighted by Gasteiger charge is -2.09. The molecule has 1 N–H and O–H groups in total. The highest BCUT2D eigenvalue weighted by molar-refractivity contribution is 5.45. The van der Waals surface area contributed by atoms with Crippen LogP contribution >= 0.6 is 0 Å². The molecule has 0 saturated heterocycles. The molecule has 8 nitrogen and oxygen atoms in total. The first-order valence-electron chi connectivity index (χ1n) is 6.59. The fourth-order valence-corrected chi connectivity index (χ4v) is 2.11. The molecule has 0 unspecified atom stereocenters. The topological polar surface area (TPSA) is 82.2 Å². The predicted molar refractivity (Wildman–Crippen MR) is 76.8 cm³/mol. The van der Waals surface area contributed by atoms with Crippen molar-refractivity contribution in [1.82, 2.24) is 29.4 Å². The van der Waals surface area contributed by atoms with Crippen molar-refractivity contribution in [2.45, 2.75) is 20.1 Å². The van der Waals surface area contributed by atoms with Crippen molar-refractivity contribution in [3.05, 3.63) is 35.5 Å². The molecule has 3 rings (SSSR count). The lowest BCUT2D eigenvalue weighted by atomic mass is 10.2. The molecule has 0 amide bonds. The van der Waals surface area contributed by atoms with Gasteiger partial charge >= 0.3 is 0 Å². The highest BCUT2D eigenvalue weighted by Gasteiger charge is 2.09. The largest absolute Gasteiger partial charge is 0.378 e. The Balaban J connectivity index is 1.88. The molecule has 0 radical (unpaired) electrons. The third-order valence-electron chi connectivity index (χ3n) is 3.39. The molecule has 3 aromatic heterocycles. The molecule has 0 saturated carbocycles. The van der Waals surface area contributed by atoms with E-state index in [1.54, 1.807) is 11.6 Å². The summed E-state index contributed by atoms with van der Waals surface area (Å²) >= 11 is 0. The number of hydrogen-bond donors (Lipinski definition) is 1. The van der Waals surface area contributed by atoms with Gasteiger partial charge < -0.3 is 10.1 Å². The van der Waals surface area contributed by atoms with E-state index in [9.17, 15) is 0 Å². The smallest absolute Gasteiger partial charge is 0.254 e. The van der Waals surface area contributed by atoms with Crippen LogP contribution in [0.3, 0.4) is 0 Å². The molecule has 3 heterocycles. The van der Waals surface area contributed by atoms with E-state index in [1.165, 1.54) is 6.33 Å². The highest BCUT2D eigenvalue weighted by atomic mass is 16.5. The van der Waals surface area contributed by atoms with Gasteiger partial charge in [-0.3, -0.25) is 4.68 Å². The van der Waals surface area contributed by atoms with Crippen LogP contribution in [0.25, 0.3) is 5.78 Å². The average molecular weight is 287 g/mol. The Morgan fingerprint density at radius 1 is 1.33 bits per heavy atom. The van der Waals surface area contributed by atoms with Gasteiger partial charge in [-0.2, -0.15) is 19.7 Å². The van der Waals surface area contributed by atoms with Gasteiger partial charge in [0.2, 0.25) is 0 Å². The van der Waals surface area contributed by atoms with Gasteiger partial charge in [0.25, 0.3) is 5.78 Å². The fourth-order valence-electron chi connectivity index (χ4n) is 2.11. The zero-order chi connectivity index (χ0) is 14.8. The third-order valence-corrected chi connectivity index (χ3v) is 3.39. The summed E-state index contributed by atoms with van der Waals surface area (Å²) in [6.45, 7) is 3.13. The fraction of sp³-hybridized carbons (Fsp3) is 0.385. The number of methoxy groups -OCH3 is 1. The number of ether oxygens (including phenoxy) is 1. The molecular formula is C13H17N7O. The minimum atomic E-state index is 0.434. The summed E-state index contributed by atoms with van der Waals surface area (Å²) in [4.78, 5) is 8.50. The van der Waals surface area contributed by atoms with E-state index in [2.05, 4.69) is 25.5 Å². The van der Waals surface area contributed by atoms with Gasteiger partial charge in [0.05, 0.1) is 18.5 Å². The second-order valence-electron chi connectivity index (χ2n) is 4.77. The third kappa shape index (κ3) is 2.57. The minimum absolute atomic E-state index is 0.434. The summed E-state index contributed by atoms with van der Waals surface area (Å²) in [7, 11) is 3.57. The standard InChI is InChI=1S/C13H17N7O/c1-9-10(6-16-19(9)2)5-14-12-4-11(7-21-3)18-13-15-8-17-20(12)13/h4,6,8,14H,5,7H2,1-3H3. The molecule has 8 heteroatoms. The van der Waals surface area contributed by atoms with Gasteiger partial charge in [0, 0.05) is 38.0 Å². The molecule has 0 aliphatic rings. The van der Waals surface area contributed by atoms with Crippen molar-refractivity contribution in [1.29, 1.82) is 0 Å². The summed E-state index contributed by atoms with van der Waals surface area (Å²) in [6, 6.07) is 1.91. The number of nitrogens with one attached hydrogen (secondary N) is 1. The van der Waals surface area contributed by atoms with E-state index in [0.29, 0.717) is 18.9 Å². The molecule has 0 aromatic carbocycles. The SMILES string of the molecule is COCc1cc(NCc2cnn(C)c2C)n2ncnc2n1. The molecule has 0 atom stereocenters. The molecule has 3 aromatic rings. The van der Waals surface area contributed by atoms with Crippen molar-refractivity contribution < 1.29 is 4.74 Å². The van der Waals surface area contributed by atoms with Gasteiger partial charge in [-0.25, -0.2) is 4.98 Å². The number of anilines is 1. The van der Waals surface area contributed by atoms with Crippen LogP contribution in [0.1, 0.15) is 17.0 Å². The Hall–Kier alpha value is -2.48. The minimum Gasteiger partial charge on any atom is -0.378 e. The van der Waals surface area contributed by atoms with Crippen LogP contribution in [-0.2, 0) is 24.9 Å². The normalized spacial score (nSPS) is 11.2. The van der Waals surface area contributed by atoms with Crippen molar-refractivity contribution in [2.75, 3.05) is 12.4 Å². The van der Waals surface area contributed by atoms with Crippen LogP contribution in [0.4, 0.5) is 5.82 Å². The molecule has 0 aliphatic carbocycles. The zero-order valence-electron chi connectivity index (χ0n) is 12.2. The zero-order valence-corrected chi connectivity index (χ0v) is 12.2. The van der Waals surface area contributed by atoms with Gasteiger partial charge in [0.1, 0.15) is 12.1 Å². The van der Waals surface area contributed by atoms with Crippen LogP contribution in [0.5, 0.6) is 0 Å². The summed E-state index contributed by atoms with van der Waals surface area (Å²) < 4.78 is 8.66. The molecule has 0 fully saturated rings. The number of rotatable bonds is 5. The average Bonchev–Trinajstić information content (AvgIpc) is 3.06. The van der Waals surface area contributed by atoms with E-state index < -0.39 is 0 Å². The van der Waals surface area contributed by atoms with Crippen LogP contribution in [0.2, 0.25) is 0 Å². The molecule has 21 heavy (non-hydrogen) atoms. The quantitative estimate of drug-likeness (QED) is 0.751. The Labute approximate surface area is 121 Å². The molecule has 0 bridgehead atoms. The summed E-state index contributed by atoms with van der Waals surface area (Å²) in [5, 5.41) is 11.8. The van der Waals surface area contributed by atoms with E-state index >= 15 is 0 Å². The Morgan fingerprint density at radius 2 is 2.19 bits per heavy atom. The van der Waals surface area contributed by atoms with Gasteiger partial charge in [-0.1, -0.05) is 0 Å². The lowest BCUT2D eigenvalue weighted by molar-refractivity contribution is 0.181. The van der Waals surface area contributed by atoms with Gasteiger partial charge in [-0.15, -0.1) is 0 Å². The van der Waals surface area contributed by atoms with Crippen LogP contribution in [-0.4, -0.2) is 36.5 Å². The molecular weight excluding hydrogens is 270 g/mol.